The summed E-state index contributed by atoms with van der Waals surface area (Å²) >= 11 is 0. The molecular weight excluding hydrogens is 206 g/mol. The van der Waals surface area contributed by atoms with E-state index in [-0.39, 0.29) is 5.69 Å². The van der Waals surface area contributed by atoms with Gasteiger partial charge >= 0.3 is 0 Å². The van der Waals surface area contributed by atoms with Crippen LogP contribution in [-0.4, -0.2) is 16.5 Å². The van der Waals surface area contributed by atoms with Crippen LogP contribution in [0.25, 0.3) is 0 Å². The molecule has 1 aromatic rings. The molecule has 1 aromatic heterocycles. The van der Waals surface area contributed by atoms with Crippen molar-refractivity contribution in [3.05, 3.63) is 27.9 Å². The van der Waals surface area contributed by atoms with E-state index in [9.17, 15) is 10.1 Å². The second-order valence-corrected chi connectivity index (χ2v) is 3.69. The van der Waals surface area contributed by atoms with Crippen LogP contribution in [0.4, 0.5) is 11.5 Å². The molecule has 0 atom stereocenters. The molecule has 0 spiro atoms. The Kier molecular flexibility index (Phi) is 4.69. The van der Waals surface area contributed by atoms with E-state index in [0.717, 1.165) is 13.0 Å². The van der Waals surface area contributed by atoms with E-state index >= 15 is 0 Å². The molecule has 0 saturated carbocycles. The molecule has 0 fully saturated rings. The third-order valence-electron chi connectivity index (χ3n) is 2.34. The fourth-order valence-electron chi connectivity index (χ4n) is 1.44. The average molecular weight is 223 g/mol. The molecule has 0 aromatic carbocycles. The zero-order valence-electron chi connectivity index (χ0n) is 9.69. The lowest BCUT2D eigenvalue weighted by atomic mass is 10.2. The van der Waals surface area contributed by atoms with Crippen LogP contribution in [0.15, 0.2) is 12.1 Å². The Hall–Kier alpha value is -1.65. The minimum atomic E-state index is -0.413. The zero-order valence-corrected chi connectivity index (χ0v) is 9.69. The van der Waals surface area contributed by atoms with E-state index in [1.807, 2.05) is 0 Å². The Morgan fingerprint density at radius 1 is 1.44 bits per heavy atom. The first kappa shape index (κ1) is 12.4. The number of hydrogen-bond acceptors (Lipinski definition) is 4. The van der Waals surface area contributed by atoms with Gasteiger partial charge in [0.05, 0.1) is 4.92 Å². The predicted molar refractivity (Wildman–Crippen MR) is 63.6 cm³/mol. The molecule has 1 heterocycles. The Morgan fingerprint density at radius 3 is 2.75 bits per heavy atom. The Bertz CT molecular complexity index is 366. The lowest BCUT2D eigenvalue weighted by Gasteiger charge is -2.05. The van der Waals surface area contributed by atoms with Crippen molar-refractivity contribution in [2.75, 3.05) is 11.9 Å². The summed E-state index contributed by atoms with van der Waals surface area (Å²) in [4.78, 5) is 14.3. The van der Waals surface area contributed by atoms with Gasteiger partial charge in [-0.2, -0.15) is 0 Å². The van der Waals surface area contributed by atoms with Crippen LogP contribution in [0.5, 0.6) is 0 Å². The van der Waals surface area contributed by atoms with Crippen LogP contribution in [0.3, 0.4) is 0 Å². The Morgan fingerprint density at radius 2 is 2.19 bits per heavy atom. The van der Waals surface area contributed by atoms with E-state index < -0.39 is 4.92 Å². The number of rotatable bonds is 6. The number of hydrogen-bond donors (Lipinski definition) is 1. The molecule has 0 aliphatic heterocycles. The highest BCUT2D eigenvalue weighted by molar-refractivity contribution is 5.44. The minimum Gasteiger partial charge on any atom is -0.370 e. The summed E-state index contributed by atoms with van der Waals surface area (Å²) in [7, 11) is 0. The minimum absolute atomic E-state index is 0.0686. The van der Waals surface area contributed by atoms with Crippen molar-refractivity contribution in [2.45, 2.75) is 33.1 Å². The number of unbranched alkanes of at least 4 members (excludes halogenated alkanes) is 2. The predicted octanol–water partition coefficient (Wildman–Crippen LogP) is 2.90. The van der Waals surface area contributed by atoms with Gasteiger partial charge in [-0.15, -0.1) is 0 Å². The summed E-state index contributed by atoms with van der Waals surface area (Å²) in [6.45, 7) is 4.65. The van der Waals surface area contributed by atoms with Crippen molar-refractivity contribution in [1.82, 2.24) is 4.98 Å². The van der Waals surface area contributed by atoms with E-state index in [2.05, 4.69) is 17.2 Å². The summed E-state index contributed by atoms with van der Waals surface area (Å²) < 4.78 is 0. The van der Waals surface area contributed by atoms with Crippen molar-refractivity contribution in [3.8, 4) is 0 Å². The van der Waals surface area contributed by atoms with Gasteiger partial charge in [0.25, 0.3) is 5.69 Å². The van der Waals surface area contributed by atoms with Gasteiger partial charge in [-0.25, -0.2) is 4.98 Å². The highest BCUT2D eigenvalue weighted by Gasteiger charge is 2.11. The van der Waals surface area contributed by atoms with Gasteiger partial charge in [-0.1, -0.05) is 19.8 Å². The monoisotopic (exact) mass is 223 g/mol. The fourth-order valence-corrected chi connectivity index (χ4v) is 1.44. The van der Waals surface area contributed by atoms with Crippen molar-refractivity contribution in [3.63, 3.8) is 0 Å². The van der Waals surface area contributed by atoms with Crippen molar-refractivity contribution >= 4 is 11.5 Å². The van der Waals surface area contributed by atoms with Gasteiger partial charge in [0.1, 0.15) is 11.5 Å². The second kappa shape index (κ2) is 6.05. The van der Waals surface area contributed by atoms with Crippen LogP contribution in [0, 0.1) is 17.0 Å². The molecule has 1 N–H and O–H groups in total. The second-order valence-electron chi connectivity index (χ2n) is 3.69. The molecule has 5 nitrogen and oxygen atoms in total. The molecule has 0 aliphatic rings. The number of nitro groups is 1. The van der Waals surface area contributed by atoms with Crippen molar-refractivity contribution in [2.24, 2.45) is 0 Å². The molecule has 5 heteroatoms. The number of nitrogens with one attached hydrogen (secondary N) is 1. The first-order valence-corrected chi connectivity index (χ1v) is 5.51. The first-order valence-electron chi connectivity index (χ1n) is 5.51. The number of nitrogens with zero attached hydrogens (tertiary/aromatic N) is 2. The van der Waals surface area contributed by atoms with E-state index in [1.54, 1.807) is 13.0 Å². The zero-order chi connectivity index (χ0) is 12.0. The highest BCUT2D eigenvalue weighted by atomic mass is 16.6. The Labute approximate surface area is 95.0 Å². The molecule has 0 radical (unpaired) electrons. The molecule has 0 unspecified atom stereocenters. The van der Waals surface area contributed by atoms with E-state index in [4.69, 9.17) is 0 Å². The van der Waals surface area contributed by atoms with Crippen LogP contribution >= 0.6 is 0 Å². The van der Waals surface area contributed by atoms with Gasteiger partial charge in [0.15, 0.2) is 0 Å². The standard InChI is InChI=1S/C11H17N3O2/c1-3-4-5-8-12-11-7-6-10(14(15)16)9(2)13-11/h6-7H,3-5,8H2,1-2H3,(H,12,13). The molecule has 1 rings (SSSR count). The number of anilines is 1. The summed E-state index contributed by atoms with van der Waals surface area (Å²) in [5, 5.41) is 13.7. The van der Waals surface area contributed by atoms with Crippen LogP contribution in [-0.2, 0) is 0 Å². The van der Waals surface area contributed by atoms with Crippen LogP contribution in [0.1, 0.15) is 31.9 Å². The van der Waals surface area contributed by atoms with Gasteiger partial charge in [-0.3, -0.25) is 10.1 Å². The summed E-state index contributed by atoms with van der Waals surface area (Å²) in [5.74, 6) is 0.708. The third kappa shape index (κ3) is 3.49. The van der Waals surface area contributed by atoms with E-state index in [0.29, 0.717) is 11.5 Å². The topological polar surface area (TPSA) is 68.1 Å². The molecule has 0 saturated heterocycles. The normalized spacial score (nSPS) is 10.1. The van der Waals surface area contributed by atoms with Gasteiger partial charge in [-0.05, 0) is 19.4 Å². The lowest BCUT2D eigenvalue weighted by Crippen LogP contribution is -2.04. The average Bonchev–Trinajstić information content (AvgIpc) is 2.24. The molecule has 0 aliphatic carbocycles. The Balaban J connectivity index is 2.56. The lowest BCUT2D eigenvalue weighted by molar-refractivity contribution is -0.385. The van der Waals surface area contributed by atoms with Crippen LogP contribution < -0.4 is 5.32 Å². The molecule has 16 heavy (non-hydrogen) atoms. The van der Waals surface area contributed by atoms with E-state index in [1.165, 1.54) is 18.9 Å². The first-order chi connectivity index (χ1) is 7.65. The largest absolute Gasteiger partial charge is 0.370 e. The maximum atomic E-state index is 10.6. The smallest absolute Gasteiger partial charge is 0.290 e. The summed E-state index contributed by atoms with van der Waals surface area (Å²) in [5.41, 5.74) is 0.518. The summed E-state index contributed by atoms with van der Waals surface area (Å²) in [6.07, 6.45) is 3.45. The van der Waals surface area contributed by atoms with Crippen molar-refractivity contribution in [1.29, 1.82) is 0 Å². The molecule has 88 valence electrons. The number of aryl methyl sites for hydroxylation is 1. The van der Waals surface area contributed by atoms with Gasteiger partial charge in [0, 0.05) is 12.6 Å². The van der Waals surface area contributed by atoms with Crippen molar-refractivity contribution < 1.29 is 4.92 Å². The number of aromatic nitrogens is 1. The highest BCUT2D eigenvalue weighted by Crippen LogP contribution is 2.17. The summed E-state index contributed by atoms with van der Waals surface area (Å²) in [6, 6.07) is 3.14. The molecule has 0 bridgehead atoms. The molecular formula is C11H17N3O2. The van der Waals surface area contributed by atoms with Gasteiger partial charge < -0.3 is 5.32 Å². The quantitative estimate of drug-likeness (QED) is 0.457. The maximum Gasteiger partial charge on any atom is 0.290 e. The van der Waals surface area contributed by atoms with Crippen LogP contribution in [0.2, 0.25) is 0 Å². The molecule has 0 amide bonds. The fraction of sp³-hybridized carbons (Fsp3) is 0.545. The third-order valence-corrected chi connectivity index (χ3v) is 2.34. The number of pyridine rings is 1. The SMILES string of the molecule is CCCCCNc1ccc([N+](=O)[O-])c(C)n1. The van der Waals surface area contributed by atoms with Gasteiger partial charge in [0.2, 0.25) is 0 Å². The maximum absolute atomic E-state index is 10.6.